The zero-order chi connectivity index (χ0) is 21.1. The Labute approximate surface area is 170 Å². The summed E-state index contributed by atoms with van der Waals surface area (Å²) in [6, 6.07) is 4.19. The molecule has 1 fully saturated rings. The number of ketones is 1. The van der Waals surface area contributed by atoms with Crippen molar-refractivity contribution in [2.45, 2.75) is 43.9 Å². The third-order valence-corrected chi connectivity index (χ3v) is 5.51. The Morgan fingerprint density at radius 2 is 1.93 bits per heavy atom. The lowest BCUT2D eigenvalue weighted by atomic mass is 9.95. The third-order valence-electron chi connectivity index (χ3n) is 4.68. The molecule has 1 aromatic carbocycles. The Morgan fingerprint density at radius 3 is 2.55 bits per heavy atom. The van der Waals surface area contributed by atoms with Crippen molar-refractivity contribution in [3.05, 3.63) is 39.8 Å². The molecular formula is C19H23NO8S. The van der Waals surface area contributed by atoms with Gasteiger partial charge in [-0.3, -0.25) is 4.79 Å². The van der Waals surface area contributed by atoms with Gasteiger partial charge in [-0.1, -0.05) is 0 Å². The number of aromatic hydroxyl groups is 1. The highest BCUT2D eigenvalue weighted by Gasteiger charge is 2.43. The second-order valence-electron chi connectivity index (χ2n) is 6.82. The summed E-state index contributed by atoms with van der Waals surface area (Å²) in [5.41, 5.74) is 0.774. The molecule has 0 unspecified atom stereocenters. The van der Waals surface area contributed by atoms with E-state index in [0.717, 1.165) is 5.01 Å². The number of thiazole rings is 1. The monoisotopic (exact) mass is 425 g/mol. The van der Waals surface area contributed by atoms with Crippen LogP contribution in [0.3, 0.4) is 0 Å². The lowest BCUT2D eigenvalue weighted by molar-refractivity contribution is -0.234. The Morgan fingerprint density at radius 1 is 1.21 bits per heavy atom. The quantitative estimate of drug-likeness (QED) is 0.380. The number of hydrogen-bond donors (Lipinski definition) is 5. The van der Waals surface area contributed by atoms with Gasteiger partial charge in [-0.05, 0) is 19.1 Å². The number of Topliss-reactive ketones (excluding diaryl/α,β-unsaturated/α-hetero) is 1. The lowest BCUT2D eigenvalue weighted by Gasteiger charge is -2.39. The van der Waals surface area contributed by atoms with Gasteiger partial charge in [0, 0.05) is 11.4 Å². The molecule has 0 radical (unpaired) electrons. The first-order chi connectivity index (χ1) is 13.8. The van der Waals surface area contributed by atoms with E-state index in [-0.39, 0.29) is 35.9 Å². The van der Waals surface area contributed by atoms with E-state index in [4.69, 9.17) is 9.47 Å². The topological polar surface area (TPSA) is 150 Å². The van der Waals surface area contributed by atoms with Crippen LogP contribution in [0.5, 0.6) is 11.5 Å². The van der Waals surface area contributed by atoms with Crippen molar-refractivity contribution in [3.8, 4) is 11.5 Å². The maximum atomic E-state index is 12.4. The van der Waals surface area contributed by atoms with Gasteiger partial charge in [0.15, 0.2) is 5.78 Å². The molecule has 1 aromatic heterocycles. The van der Waals surface area contributed by atoms with Gasteiger partial charge in [-0.15, -0.1) is 11.3 Å². The molecular weight excluding hydrogens is 402 g/mol. The molecule has 1 aliphatic rings. The highest BCUT2D eigenvalue weighted by atomic mass is 32.1. The van der Waals surface area contributed by atoms with E-state index in [0.29, 0.717) is 5.69 Å². The van der Waals surface area contributed by atoms with Crippen molar-refractivity contribution < 1.29 is 39.8 Å². The number of hydrogen-bond acceptors (Lipinski definition) is 10. The lowest BCUT2D eigenvalue weighted by Crippen LogP contribution is -2.59. The van der Waals surface area contributed by atoms with Crippen molar-refractivity contribution in [2.24, 2.45) is 0 Å². The Hall–Kier alpha value is -2.08. The number of ether oxygens (including phenoxy) is 2. The Kier molecular flexibility index (Phi) is 6.83. The molecule has 5 atom stereocenters. The summed E-state index contributed by atoms with van der Waals surface area (Å²) in [5, 5.41) is 51.6. The number of aliphatic hydroxyl groups is 4. The van der Waals surface area contributed by atoms with Gasteiger partial charge < -0.3 is 35.0 Å². The first kappa shape index (κ1) is 21.6. The maximum Gasteiger partial charge on any atom is 0.172 e. The molecule has 10 heteroatoms. The molecule has 0 aliphatic carbocycles. The molecule has 0 amide bonds. The molecule has 1 saturated heterocycles. The predicted molar refractivity (Wildman–Crippen MR) is 102 cm³/mol. The molecule has 0 saturated carbocycles. The summed E-state index contributed by atoms with van der Waals surface area (Å²) < 4.78 is 10.8. The highest BCUT2D eigenvalue weighted by molar-refractivity contribution is 7.09. The number of carbonyl (C=O) groups excluding carboxylic acids is 1. The van der Waals surface area contributed by atoms with Gasteiger partial charge >= 0.3 is 0 Å². The molecule has 158 valence electrons. The molecule has 1 aliphatic heterocycles. The summed E-state index contributed by atoms with van der Waals surface area (Å²) in [6.45, 7) is 1.11. The fourth-order valence-electron chi connectivity index (χ4n) is 3.08. The number of aromatic nitrogens is 1. The van der Waals surface area contributed by atoms with Crippen LogP contribution in [0.1, 0.15) is 21.1 Å². The van der Waals surface area contributed by atoms with E-state index in [2.05, 4.69) is 4.98 Å². The van der Waals surface area contributed by atoms with Gasteiger partial charge in [-0.25, -0.2) is 4.98 Å². The van der Waals surface area contributed by atoms with Crippen LogP contribution >= 0.6 is 11.3 Å². The molecule has 0 bridgehead atoms. The molecule has 9 nitrogen and oxygen atoms in total. The van der Waals surface area contributed by atoms with Gasteiger partial charge in [0.2, 0.25) is 0 Å². The number of rotatable bonds is 7. The number of aliphatic hydroxyl groups excluding tert-OH is 4. The van der Waals surface area contributed by atoms with E-state index in [1.54, 1.807) is 5.38 Å². The second-order valence-corrected chi connectivity index (χ2v) is 7.88. The zero-order valence-corrected chi connectivity index (χ0v) is 16.5. The second kappa shape index (κ2) is 9.16. The van der Waals surface area contributed by atoms with Crippen LogP contribution in [-0.4, -0.2) is 80.0 Å². The van der Waals surface area contributed by atoms with Crippen LogP contribution in [0.15, 0.2) is 23.6 Å². The number of aryl methyl sites for hydroxylation is 1. The first-order valence-corrected chi connectivity index (χ1v) is 9.88. The molecule has 5 N–H and O–H groups in total. The van der Waals surface area contributed by atoms with Gasteiger partial charge in [0.1, 0.15) is 48.6 Å². The minimum absolute atomic E-state index is 0.0724. The average Bonchev–Trinajstić information content (AvgIpc) is 3.10. The molecule has 0 spiro atoms. The fraction of sp³-hybridized carbons (Fsp3) is 0.474. The minimum atomic E-state index is -1.49. The molecule has 2 aromatic rings. The van der Waals surface area contributed by atoms with Crippen LogP contribution in [0.4, 0.5) is 0 Å². The number of carbonyl (C=O) groups is 1. The normalized spacial score (nSPS) is 27.0. The third kappa shape index (κ3) is 4.92. The minimum Gasteiger partial charge on any atom is -0.507 e. The first-order valence-electron chi connectivity index (χ1n) is 9.00. The number of phenolic OH excluding ortho intramolecular Hbond substituents is 1. The highest BCUT2D eigenvalue weighted by Crippen LogP contribution is 2.27. The van der Waals surface area contributed by atoms with Crippen molar-refractivity contribution in [1.82, 2.24) is 4.98 Å². The SMILES string of the molecule is Cc1nc(CC(=O)c2ccc(OC[C@@H]3O[C@H](CO)[C@H](O)[C@@H](O)[C@@H]3O)cc2O)cs1. The van der Waals surface area contributed by atoms with Crippen LogP contribution in [0, 0.1) is 6.92 Å². The Bertz CT molecular complexity index is 854. The number of phenols is 1. The summed E-state index contributed by atoms with van der Waals surface area (Å²) in [7, 11) is 0. The van der Waals surface area contributed by atoms with Crippen molar-refractivity contribution in [1.29, 1.82) is 0 Å². The Balaban J connectivity index is 1.62. The standard InChI is InChI=1S/C19H23NO8S/c1-9-20-10(8-29-9)4-13(22)12-3-2-11(5-14(12)23)27-7-16-18(25)19(26)17(24)15(6-21)28-16/h2-3,5,8,15-19,21,23-26H,4,6-7H2,1H3/t15-,16+,17+,18-,19-/m1/s1. The molecule has 29 heavy (non-hydrogen) atoms. The van der Waals surface area contributed by atoms with Gasteiger partial charge in [0.25, 0.3) is 0 Å². The van der Waals surface area contributed by atoms with E-state index in [1.807, 2.05) is 6.92 Å². The average molecular weight is 425 g/mol. The van der Waals surface area contributed by atoms with Gasteiger partial charge in [-0.2, -0.15) is 0 Å². The van der Waals surface area contributed by atoms with Crippen molar-refractivity contribution in [2.75, 3.05) is 13.2 Å². The van der Waals surface area contributed by atoms with Crippen LogP contribution in [0.2, 0.25) is 0 Å². The predicted octanol–water partition coefficient (Wildman–Crippen LogP) is -0.196. The molecule has 3 rings (SSSR count). The van der Waals surface area contributed by atoms with Gasteiger partial charge in [0.05, 0.1) is 29.3 Å². The summed E-state index contributed by atoms with van der Waals surface area (Å²) in [5.74, 6) is -0.318. The fourth-order valence-corrected chi connectivity index (χ4v) is 3.69. The van der Waals surface area contributed by atoms with E-state index in [9.17, 15) is 30.3 Å². The summed E-state index contributed by atoms with van der Waals surface area (Å²) >= 11 is 1.44. The summed E-state index contributed by atoms with van der Waals surface area (Å²) in [6.07, 6.45) is -6.29. The van der Waals surface area contributed by atoms with E-state index in [1.165, 1.54) is 29.5 Å². The van der Waals surface area contributed by atoms with Crippen LogP contribution in [-0.2, 0) is 11.2 Å². The largest absolute Gasteiger partial charge is 0.507 e. The molecule has 2 heterocycles. The number of nitrogens with zero attached hydrogens (tertiary/aromatic N) is 1. The van der Waals surface area contributed by atoms with Crippen molar-refractivity contribution >= 4 is 17.1 Å². The maximum absolute atomic E-state index is 12.4. The summed E-state index contributed by atoms with van der Waals surface area (Å²) in [4.78, 5) is 16.6. The smallest absolute Gasteiger partial charge is 0.172 e. The zero-order valence-electron chi connectivity index (χ0n) is 15.6. The van der Waals surface area contributed by atoms with Crippen LogP contribution in [0.25, 0.3) is 0 Å². The number of benzene rings is 1. The van der Waals surface area contributed by atoms with Crippen LogP contribution < -0.4 is 4.74 Å². The van der Waals surface area contributed by atoms with E-state index >= 15 is 0 Å². The van der Waals surface area contributed by atoms with E-state index < -0.39 is 37.1 Å². The van der Waals surface area contributed by atoms with Crippen molar-refractivity contribution in [3.63, 3.8) is 0 Å².